The van der Waals surface area contributed by atoms with Gasteiger partial charge >= 0.3 is 0 Å². The fourth-order valence-corrected chi connectivity index (χ4v) is 4.26. The fraction of sp³-hybridized carbons (Fsp3) is 0.200. The summed E-state index contributed by atoms with van der Waals surface area (Å²) in [4.78, 5) is 0. The van der Waals surface area contributed by atoms with Crippen LogP contribution < -0.4 is 5.32 Å². The van der Waals surface area contributed by atoms with Gasteiger partial charge in [-0.15, -0.1) is 13.2 Å². The van der Waals surface area contributed by atoms with Crippen molar-refractivity contribution < 1.29 is 9.09 Å². The first-order valence-corrected chi connectivity index (χ1v) is 9.91. The molecule has 126 valence electrons. The van der Waals surface area contributed by atoms with Crippen molar-refractivity contribution >= 4 is 18.1 Å². The minimum Gasteiger partial charge on any atom is -0.427 e. The summed E-state index contributed by atoms with van der Waals surface area (Å²) in [5.74, 6) is 0.308. The number of rotatable bonds is 9. The monoisotopic (exact) mass is 341 g/mol. The third kappa shape index (κ3) is 4.39. The average molecular weight is 341 g/mol. The predicted molar refractivity (Wildman–Crippen MR) is 103 cm³/mol. The van der Waals surface area contributed by atoms with Crippen LogP contribution in [0.15, 0.2) is 80.2 Å². The molecule has 0 spiro atoms. The number of allylic oxidation sites excluding steroid dienone is 2. The summed E-state index contributed by atoms with van der Waals surface area (Å²) < 4.78 is 18.3. The molecule has 4 heteroatoms. The number of benzene rings is 2. The summed E-state index contributed by atoms with van der Waals surface area (Å²) in [5.41, 5.74) is 1.14. The quantitative estimate of drug-likeness (QED) is 0.365. The number of hydrogen-bond donors (Lipinski definition) is 1. The van der Waals surface area contributed by atoms with Crippen LogP contribution in [0.1, 0.15) is 18.5 Å². The van der Waals surface area contributed by atoms with Gasteiger partial charge < -0.3 is 9.84 Å². The summed E-state index contributed by atoms with van der Waals surface area (Å²) in [6.07, 6.45) is 3.79. The summed E-state index contributed by atoms with van der Waals surface area (Å²) in [5, 5.41) is 5.56. The molecule has 0 heterocycles. The molecule has 2 aromatic rings. The first kappa shape index (κ1) is 18.1. The zero-order valence-electron chi connectivity index (χ0n) is 14.1. The molecule has 1 N–H and O–H groups in total. The van der Waals surface area contributed by atoms with E-state index in [1.807, 2.05) is 25.1 Å². The maximum Gasteiger partial charge on any atom is 0.256 e. The van der Waals surface area contributed by atoms with Crippen molar-refractivity contribution in [3.63, 3.8) is 0 Å². The van der Waals surface area contributed by atoms with Crippen molar-refractivity contribution in [1.82, 2.24) is 5.32 Å². The Kier molecular flexibility index (Phi) is 6.05. The van der Waals surface area contributed by atoms with Crippen LogP contribution in [-0.2, 0) is 9.09 Å². The lowest BCUT2D eigenvalue weighted by molar-refractivity contribution is 0.360. The van der Waals surface area contributed by atoms with E-state index in [4.69, 9.17) is 4.52 Å². The van der Waals surface area contributed by atoms with Crippen molar-refractivity contribution in [3.8, 4) is 0 Å². The lowest BCUT2D eigenvalue weighted by atomic mass is 10.00. The molecule has 0 aromatic heterocycles. The first-order valence-electron chi connectivity index (χ1n) is 7.91. The standard InChI is InChI=1S/C20H24NO2P/c1-5-14-24(22,15-6-2)23-17(4)21-16(3)19-13-9-11-18-10-7-8-12-20(18)19/h5-13,16,21H,1-2,4,14-15H2,3H3/t16-/m1/s1. The zero-order valence-corrected chi connectivity index (χ0v) is 15.0. The SMILES string of the molecule is C=CCP(=O)(CC=C)OC(=C)N[C@H](C)c1cccc2ccccc12. The van der Waals surface area contributed by atoms with Gasteiger partial charge in [-0.1, -0.05) is 54.6 Å². The summed E-state index contributed by atoms with van der Waals surface area (Å²) in [6.45, 7) is 13.2. The number of fused-ring (bicyclic) bond motifs is 1. The maximum absolute atomic E-state index is 12.7. The maximum atomic E-state index is 12.7. The van der Waals surface area contributed by atoms with Crippen LogP contribution in [-0.4, -0.2) is 12.3 Å². The molecule has 0 bridgehead atoms. The van der Waals surface area contributed by atoms with E-state index in [0.717, 1.165) is 5.56 Å². The van der Waals surface area contributed by atoms with Crippen molar-refractivity contribution in [2.75, 3.05) is 12.3 Å². The van der Waals surface area contributed by atoms with E-state index in [2.05, 4.69) is 49.3 Å². The van der Waals surface area contributed by atoms with Gasteiger partial charge in [-0.25, -0.2) is 0 Å². The van der Waals surface area contributed by atoms with Gasteiger partial charge in [0.25, 0.3) is 7.37 Å². The normalized spacial score (nSPS) is 12.4. The van der Waals surface area contributed by atoms with Crippen LogP contribution in [0.25, 0.3) is 10.8 Å². The van der Waals surface area contributed by atoms with Crippen LogP contribution in [0, 0.1) is 0 Å². The molecule has 3 nitrogen and oxygen atoms in total. The number of nitrogens with one attached hydrogen (secondary N) is 1. The van der Waals surface area contributed by atoms with E-state index in [-0.39, 0.29) is 6.04 Å². The largest absolute Gasteiger partial charge is 0.427 e. The van der Waals surface area contributed by atoms with Gasteiger partial charge in [0.15, 0.2) is 5.88 Å². The van der Waals surface area contributed by atoms with E-state index in [1.165, 1.54) is 10.8 Å². The molecule has 0 aliphatic rings. The predicted octanol–water partition coefficient (Wildman–Crippen LogP) is 5.63. The lowest BCUT2D eigenvalue weighted by Gasteiger charge is -2.23. The summed E-state index contributed by atoms with van der Waals surface area (Å²) in [6, 6.07) is 14.4. The van der Waals surface area contributed by atoms with Gasteiger partial charge in [-0.3, -0.25) is 4.57 Å². The Morgan fingerprint density at radius 1 is 1.17 bits per heavy atom. The van der Waals surface area contributed by atoms with Crippen LogP contribution in [0.3, 0.4) is 0 Å². The lowest BCUT2D eigenvalue weighted by Crippen LogP contribution is -2.19. The smallest absolute Gasteiger partial charge is 0.256 e. The van der Waals surface area contributed by atoms with Gasteiger partial charge in [0.05, 0.1) is 18.4 Å². The van der Waals surface area contributed by atoms with Crippen molar-refractivity contribution in [2.24, 2.45) is 0 Å². The van der Waals surface area contributed by atoms with Crippen LogP contribution in [0.5, 0.6) is 0 Å². The molecular weight excluding hydrogens is 317 g/mol. The van der Waals surface area contributed by atoms with E-state index >= 15 is 0 Å². The molecule has 0 aliphatic heterocycles. The molecule has 0 saturated heterocycles. The molecule has 0 aliphatic carbocycles. The van der Waals surface area contributed by atoms with E-state index in [9.17, 15) is 4.57 Å². The Bertz CT molecular complexity index is 778. The van der Waals surface area contributed by atoms with Crippen molar-refractivity contribution in [1.29, 1.82) is 0 Å². The summed E-state index contributed by atoms with van der Waals surface area (Å²) in [7, 11) is -2.87. The molecule has 2 rings (SSSR count). The molecule has 1 atom stereocenters. The van der Waals surface area contributed by atoms with Crippen LogP contribution in [0.2, 0.25) is 0 Å². The minimum absolute atomic E-state index is 0.0236. The second-order valence-electron chi connectivity index (χ2n) is 5.71. The topological polar surface area (TPSA) is 38.3 Å². The molecule has 0 unspecified atom stereocenters. The Labute approximate surface area is 144 Å². The van der Waals surface area contributed by atoms with Gasteiger partial charge in [-0.05, 0) is 29.8 Å². The van der Waals surface area contributed by atoms with Crippen molar-refractivity contribution in [2.45, 2.75) is 13.0 Å². The molecule has 0 fully saturated rings. The van der Waals surface area contributed by atoms with Gasteiger partial charge in [0.1, 0.15) is 0 Å². The highest BCUT2D eigenvalue weighted by Gasteiger charge is 2.22. The highest BCUT2D eigenvalue weighted by Crippen LogP contribution is 2.48. The number of hydrogen-bond acceptors (Lipinski definition) is 3. The second kappa shape index (κ2) is 8.03. The van der Waals surface area contributed by atoms with Crippen LogP contribution >= 0.6 is 7.37 Å². The first-order chi connectivity index (χ1) is 11.5. The van der Waals surface area contributed by atoms with Gasteiger partial charge in [0, 0.05) is 0 Å². The molecule has 24 heavy (non-hydrogen) atoms. The fourth-order valence-electron chi connectivity index (χ4n) is 2.72. The summed E-state index contributed by atoms with van der Waals surface area (Å²) >= 11 is 0. The third-order valence-electron chi connectivity index (χ3n) is 3.76. The Morgan fingerprint density at radius 3 is 2.46 bits per heavy atom. The van der Waals surface area contributed by atoms with E-state index in [1.54, 1.807) is 12.2 Å². The minimum atomic E-state index is -2.87. The molecule has 0 amide bonds. The van der Waals surface area contributed by atoms with Gasteiger partial charge in [-0.2, -0.15) is 0 Å². The van der Waals surface area contributed by atoms with E-state index < -0.39 is 7.37 Å². The average Bonchev–Trinajstić information content (AvgIpc) is 2.54. The Morgan fingerprint density at radius 2 is 1.79 bits per heavy atom. The van der Waals surface area contributed by atoms with E-state index in [0.29, 0.717) is 18.2 Å². The van der Waals surface area contributed by atoms with Gasteiger partial charge in [0.2, 0.25) is 0 Å². The molecular formula is C20H24NO2P. The highest BCUT2D eigenvalue weighted by molar-refractivity contribution is 7.59. The Balaban J connectivity index is 2.14. The zero-order chi connectivity index (χ0) is 17.6. The third-order valence-corrected chi connectivity index (χ3v) is 5.94. The van der Waals surface area contributed by atoms with Crippen molar-refractivity contribution in [3.05, 3.63) is 85.8 Å². The van der Waals surface area contributed by atoms with Crippen LogP contribution in [0.4, 0.5) is 0 Å². The molecule has 0 radical (unpaired) electrons. The Hall–Kier alpha value is -2.25. The highest BCUT2D eigenvalue weighted by atomic mass is 31.2. The molecule has 0 saturated carbocycles. The molecule has 2 aromatic carbocycles. The second-order valence-corrected chi connectivity index (χ2v) is 8.25.